The molecule has 0 amide bonds. The van der Waals surface area contributed by atoms with E-state index in [2.05, 4.69) is 4.98 Å². The molecule has 84 valence electrons. The maximum Gasteiger partial charge on any atom is 0.144 e. The highest BCUT2D eigenvalue weighted by Crippen LogP contribution is 2.24. The summed E-state index contributed by atoms with van der Waals surface area (Å²) in [6, 6.07) is 6.45. The van der Waals surface area contributed by atoms with Crippen LogP contribution in [0.4, 0.5) is 4.39 Å². The Kier molecular flexibility index (Phi) is 3.22. The summed E-state index contributed by atoms with van der Waals surface area (Å²) in [6.45, 7) is 0.944. The molecule has 2 aromatic rings. The summed E-state index contributed by atoms with van der Waals surface area (Å²) in [5.41, 5.74) is 5.91. The molecule has 0 spiro atoms. The van der Waals surface area contributed by atoms with E-state index in [0.717, 1.165) is 0 Å². The third kappa shape index (κ3) is 1.94. The van der Waals surface area contributed by atoms with E-state index in [0.29, 0.717) is 29.6 Å². The zero-order valence-electron chi connectivity index (χ0n) is 8.53. The van der Waals surface area contributed by atoms with E-state index in [1.165, 1.54) is 12.3 Å². The molecule has 0 fully saturated rings. The van der Waals surface area contributed by atoms with Gasteiger partial charge in [-0.3, -0.25) is 0 Å². The molecule has 0 saturated heterocycles. The first-order valence-electron chi connectivity index (χ1n) is 4.90. The molecule has 0 aliphatic rings. The van der Waals surface area contributed by atoms with Crippen LogP contribution in [0.15, 0.2) is 30.5 Å². The maximum atomic E-state index is 13.6. The second-order valence-electron chi connectivity index (χ2n) is 3.32. The van der Waals surface area contributed by atoms with Crippen molar-refractivity contribution in [3.05, 3.63) is 41.4 Å². The summed E-state index contributed by atoms with van der Waals surface area (Å²) < 4.78 is 15.3. The highest BCUT2D eigenvalue weighted by atomic mass is 35.5. The fourth-order valence-electron chi connectivity index (χ4n) is 1.55. The molecule has 0 aliphatic carbocycles. The molecule has 2 rings (SSSR count). The SMILES string of the molecule is NCCn1c(Cl)cnc1-c1ccccc1F. The lowest BCUT2D eigenvalue weighted by molar-refractivity contribution is 0.626. The summed E-state index contributed by atoms with van der Waals surface area (Å²) >= 11 is 5.95. The molecular weight excluding hydrogens is 229 g/mol. The molecule has 0 aliphatic heterocycles. The normalized spacial score (nSPS) is 10.7. The topological polar surface area (TPSA) is 43.8 Å². The average molecular weight is 240 g/mol. The number of benzene rings is 1. The van der Waals surface area contributed by atoms with Gasteiger partial charge in [0.1, 0.15) is 16.8 Å². The second-order valence-corrected chi connectivity index (χ2v) is 3.71. The maximum absolute atomic E-state index is 13.6. The summed E-state index contributed by atoms with van der Waals surface area (Å²) in [6.07, 6.45) is 1.50. The van der Waals surface area contributed by atoms with Crippen LogP contribution in [0.5, 0.6) is 0 Å². The molecule has 3 nitrogen and oxygen atoms in total. The second kappa shape index (κ2) is 4.63. The Morgan fingerprint density at radius 2 is 2.12 bits per heavy atom. The number of imidazole rings is 1. The number of rotatable bonds is 3. The summed E-state index contributed by atoms with van der Waals surface area (Å²) in [4.78, 5) is 4.10. The van der Waals surface area contributed by atoms with Gasteiger partial charge in [0.2, 0.25) is 0 Å². The van der Waals surface area contributed by atoms with Crippen LogP contribution in [0.2, 0.25) is 5.15 Å². The first-order chi connectivity index (χ1) is 7.74. The number of nitrogens with zero attached hydrogens (tertiary/aromatic N) is 2. The molecule has 0 bridgehead atoms. The van der Waals surface area contributed by atoms with Crippen LogP contribution in [0.1, 0.15) is 0 Å². The van der Waals surface area contributed by atoms with Crippen LogP contribution in [-0.2, 0) is 6.54 Å². The Morgan fingerprint density at radius 1 is 1.38 bits per heavy atom. The largest absolute Gasteiger partial charge is 0.329 e. The molecule has 0 radical (unpaired) electrons. The number of hydrogen-bond donors (Lipinski definition) is 1. The molecule has 1 heterocycles. The van der Waals surface area contributed by atoms with Crippen molar-refractivity contribution in [3.8, 4) is 11.4 Å². The van der Waals surface area contributed by atoms with Crippen molar-refractivity contribution in [2.75, 3.05) is 6.54 Å². The molecular formula is C11H11ClFN3. The Morgan fingerprint density at radius 3 is 2.81 bits per heavy atom. The first-order valence-corrected chi connectivity index (χ1v) is 5.28. The smallest absolute Gasteiger partial charge is 0.144 e. The van der Waals surface area contributed by atoms with Gasteiger partial charge in [0, 0.05) is 13.1 Å². The van der Waals surface area contributed by atoms with Crippen LogP contribution in [0.3, 0.4) is 0 Å². The van der Waals surface area contributed by atoms with Crippen LogP contribution < -0.4 is 5.73 Å². The molecule has 1 aromatic heterocycles. The van der Waals surface area contributed by atoms with Gasteiger partial charge < -0.3 is 10.3 Å². The predicted octanol–water partition coefficient (Wildman–Crippen LogP) is 2.30. The molecule has 1 aromatic carbocycles. The lowest BCUT2D eigenvalue weighted by atomic mass is 10.2. The van der Waals surface area contributed by atoms with Crippen LogP contribution >= 0.6 is 11.6 Å². The van der Waals surface area contributed by atoms with E-state index < -0.39 is 0 Å². The van der Waals surface area contributed by atoms with E-state index in [-0.39, 0.29) is 5.82 Å². The predicted molar refractivity (Wildman–Crippen MR) is 61.7 cm³/mol. The lowest BCUT2D eigenvalue weighted by Gasteiger charge is -2.08. The van der Waals surface area contributed by atoms with Crippen molar-refractivity contribution in [1.29, 1.82) is 0 Å². The number of nitrogens with two attached hydrogens (primary N) is 1. The van der Waals surface area contributed by atoms with Crippen LogP contribution in [0, 0.1) is 5.82 Å². The fraction of sp³-hybridized carbons (Fsp3) is 0.182. The Balaban J connectivity index is 2.52. The summed E-state index contributed by atoms with van der Waals surface area (Å²) in [7, 11) is 0. The van der Waals surface area contributed by atoms with Gasteiger partial charge in [-0.1, -0.05) is 23.7 Å². The van der Waals surface area contributed by atoms with Crippen molar-refractivity contribution < 1.29 is 4.39 Å². The Bertz CT molecular complexity index is 496. The quantitative estimate of drug-likeness (QED) is 0.893. The van der Waals surface area contributed by atoms with E-state index in [1.54, 1.807) is 22.8 Å². The van der Waals surface area contributed by atoms with Gasteiger partial charge in [-0.15, -0.1) is 0 Å². The first kappa shape index (κ1) is 11.1. The molecule has 5 heteroatoms. The van der Waals surface area contributed by atoms with Crippen LogP contribution in [0.25, 0.3) is 11.4 Å². The third-order valence-corrected chi connectivity index (χ3v) is 2.58. The highest BCUT2D eigenvalue weighted by molar-refractivity contribution is 6.29. The zero-order valence-corrected chi connectivity index (χ0v) is 9.28. The van der Waals surface area contributed by atoms with Gasteiger partial charge >= 0.3 is 0 Å². The monoisotopic (exact) mass is 239 g/mol. The standard InChI is InChI=1S/C11H11ClFN3/c12-10-7-15-11(16(10)6-5-14)8-3-1-2-4-9(8)13/h1-4,7H,5-6,14H2. The lowest BCUT2D eigenvalue weighted by Crippen LogP contribution is -2.11. The Labute approximate surface area is 97.7 Å². The fourth-order valence-corrected chi connectivity index (χ4v) is 1.77. The van der Waals surface area contributed by atoms with E-state index in [9.17, 15) is 4.39 Å². The van der Waals surface area contributed by atoms with Crippen molar-refractivity contribution in [3.63, 3.8) is 0 Å². The average Bonchev–Trinajstić information content (AvgIpc) is 2.62. The molecule has 0 unspecified atom stereocenters. The minimum Gasteiger partial charge on any atom is -0.329 e. The van der Waals surface area contributed by atoms with E-state index in [1.807, 2.05) is 0 Å². The number of hydrogen-bond acceptors (Lipinski definition) is 2. The number of aromatic nitrogens is 2. The van der Waals surface area contributed by atoms with Gasteiger partial charge in [0.15, 0.2) is 0 Å². The minimum atomic E-state index is -0.317. The summed E-state index contributed by atoms with van der Waals surface area (Å²) in [5.74, 6) is 0.191. The van der Waals surface area contributed by atoms with Crippen molar-refractivity contribution in [2.45, 2.75) is 6.54 Å². The molecule has 0 saturated carbocycles. The molecule has 2 N–H and O–H groups in total. The van der Waals surface area contributed by atoms with Crippen molar-refractivity contribution >= 4 is 11.6 Å². The number of halogens is 2. The van der Waals surface area contributed by atoms with Crippen molar-refractivity contribution in [1.82, 2.24) is 9.55 Å². The zero-order chi connectivity index (χ0) is 11.5. The van der Waals surface area contributed by atoms with Crippen molar-refractivity contribution in [2.24, 2.45) is 5.73 Å². The summed E-state index contributed by atoms with van der Waals surface area (Å²) in [5, 5.41) is 0.462. The Hall–Kier alpha value is -1.39. The van der Waals surface area contributed by atoms with E-state index in [4.69, 9.17) is 17.3 Å². The highest BCUT2D eigenvalue weighted by Gasteiger charge is 2.12. The minimum absolute atomic E-state index is 0.317. The van der Waals surface area contributed by atoms with Crippen LogP contribution in [-0.4, -0.2) is 16.1 Å². The van der Waals surface area contributed by atoms with Gasteiger partial charge in [0.25, 0.3) is 0 Å². The van der Waals surface area contributed by atoms with E-state index >= 15 is 0 Å². The van der Waals surface area contributed by atoms with Gasteiger partial charge in [-0.2, -0.15) is 0 Å². The van der Waals surface area contributed by atoms with Gasteiger partial charge in [-0.05, 0) is 12.1 Å². The van der Waals surface area contributed by atoms with Gasteiger partial charge in [0.05, 0.1) is 11.8 Å². The van der Waals surface area contributed by atoms with Gasteiger partial charge in [-0.25, -0.2) is 9.37 Å². The molecule has 0 atom stereocenters. The molecule has 16 heavy (non-hydrogen) atoms. The third-order valence-electron chi connectivity index (χ3n) is 2.27.